The van der Waals surface area contributed by atoms with E-state index >= 15 is 0 Å². The van der Waals surface area contributed by atoms with Crippen LogP contribution in [-0.2, 0) is 6.61 Å². The average molecular weight is 442 g/mol. The highest BCUT2D eigenvalue weighted by Gasteiger charge is 2.15. The highest BCUT2D eigenvalue weighted by atomic mass is 35.5. The molecule has 9 heteroatoms. The fourth-order valence-electron chi connectivity index (χ4n) is 2.28. The van der Waals surface area contributed by atoms with Crippen molar-refractivity contribution in [3.8, 4) is 0 Å². The van der Waals surface area contributed by atoms with Gasteiger partial charge in [0.2, 0.25) is 0 Å². The van der Waals surface area contributed by atoms with Gasteiger partial charge in [0, 0.05) is 6.20 Å². The predicted octanol–water partition coefficient (Wildman–Crippen LogP) is 4.83. The van der Waals surface area contributed by atoms with Crippen molar-refractivity contribution in [3.05, 3.63) is 97.1 Å². The minimum atomic E-state index is -0.690. The molecule has 0 saturated heterocycles. The van der Waals surface area contributed by atoms with Crippen LogP contribution in [0.5, 0.6) is 0 Å². The second-order valence-corrected chi connectivity index (χ2v) is 6.87. The number of pyridine rings is 1. The number of hydrogen-bond acceptors (Lipinski definition) is 3. The van der Waals surface area contributed by atoms with Crippen LogP contribution in [0.2, 0.25) is 15.1 Å². The Kier molecular flexibility index (Phi) is 6.24. The van der Waals surface area contributed by atoms with Gasteiger partial charge in [-0.3, -0.25) is 9.59 Å². The zero-order valence-corrected chi connectivity index (χ0v) is 16.4. The molecule has 2 aromatic carbocycles. The van der Waals surface area contributed by atoms with E-state index in [2.05, 4.69) is 5.32 Å². The summed E-state index contributed by atoms with van der Waals surface area (Å²) < 4.78 is 13.9. The van der Waals surface area contributed by atoms with E-state index in [1.807, 2.05) is 0 Å². The first-order valence-corrected chi connectivity index (χ1v) is 9.04. The van der Waals surface area contributed by atoms with Crippen molar-refractivity contribution in [2.75, 3.05) is 5.32 Å². The van der Waals surface area contributed by atoms with Gasteiger partial charge < -0.3 is 10.2 Å². The van der Waals surface area contributed by atoms with Crippen molar-refractivity contribution in [2.45, 2.75) is 6.61 Å². The first-order valence-electron chi connectivity index (χ1n) is 7.90. The van der Waals surface area contributed by atoms with Gasteiger partial charge in [-0.1, -0.05) is 46.9 Å². The maximum atomic E-state index is 12.9. The van der Waals surface area contributed by atoms with Crippen LogP contribution in [0, 0.1) is 5.82 Å². The topological polar surface area (TPSA) is 60.3 Å². The Labute approximate surface area is 174 Å². The van der Waals surface area contributed by atoms with E-state index in [0.717, 1.165) is 4.73 Å². The summed E-state index contributed by atoms with van der Waals surface area (Å²) in [6.07, 6.45) is 1.37. The Morgan fingerprint density at radius 3 is 2.43 bits per heavy atom. The molecule has 1 N–H and O–H groups in total. The minimum Gasteiger partial charge on any atom is -0.406 e. The maximum Gasteiger partial charge on any atom is 0.295 e. The number of carbonyl (C=O) groups excluding carboxylic acids is 1. The second kappa shape index (κ2) is 8.65. The van der Waals surface area contributed by atoms with Gasteiger partial charge in [0.05, 0.1) is 20.8 Å². The maximum absolute atomic E-state index is 12.9. The zero-order valence-electron chi connectivity index (χ0n) is 14.1. The molecule has 0 atom stereocenters. The SMILES string of the molecule is O=C(Nc1cc(Cl)c(Cl)cc1Cl)c1cccn(OCc2ccc(F)cc2)c1=O. The van der Waals surface area contributed by atoms with Crippen LogP contribution in [0.3, 0.4) is 0 Å². The molecule has 0 saturated carbocycles. The lowest BCUT2D eigenvalue weighted by Crippen LogP contribution is -2.32. The predicted molar refractivity (Wildman–Crippen MR) is 107 cm³/mol. The number of anilines is 1. The van der Waals surface area contributed by atoms with Crippen LogP contribution in [0.4, 0.5) is 10.1 Å². The van der Waals surface area contributed by atoms with Gasteiger partial charge in [-0.2, -0.15) is 4.73 Å². The van der Waals surface area contributed by atoms with Crippen LogP contribution < -0.4 is 15.7 Å². The number of nitrogens with one attached hydrogen (secondary N) is 1. The molecule has 0 fully saturated rings. The summed E-state index contributed by atoms with van der Waals surface area (Å²) in [6, 6.07) is 11.2. The van der Waals surface area contributed by atoms with Crippen LogP contribution >= 0.6 is 34.8 Å². The van der Waals surface area contributed by atoms with Crippen LogP contribution in [0.25, 0.3) is 0 Å². The first kappa shape index (κ1) is 20.2. The molecule has 0 bridgehead atoms. The van der Waals surface area contributed by atoms with Crippen molar-refractivity contribution >= 4 is 46.4 Å². The van der Waals surface area contributed by atoms with E-state index < -0.39 is 11.5 Å². The third-order valence-electron chi connectivity index (χ3n) is 3.70. The number of carbonyl (C=O) groups is 1. The molecule has 0 radical (unpaired) electrons. The van der Waals surface area contributed by atoms with E-state index in [1.54, 1.807) is 0 Å². The monoisotopic (exact) mass is 440 g/mol. The average Bonchev–Trinajstić information content (AvgIpc) is 2.66. The molecular weight excluding hydrogens is 430 g/mol. The number of amides is 1. The summed E-state index contributed by atoms with van der Waals surface area (Å²) in [5, 5.41) is 3.13. The van der Waals surface area contributed by atoms with Gasteiger partial charge >= 0.3 is 0 Å². The third kappa shape index (κ3) is 4.65. The van der Waals surface area contributed by atoms with Gasteiger partial charge in [-0.05, 0) is 42.0 Å². The quantitative estimate of drug-likeness (QED) is 0.577. The fourth-order valence-corrected chi connectivity index (χ4v) is 2.88. The molecule has 0 aliphatic rings. The zero-order chi connectivity index (χ0) is 20.3. The van der Waals surface area contributed by atoms with Gasteiger partial charge in [-0.25, -0.2) is 4.39 Å². The second-order valence-electron chi connectivity index (χ2n) is 5.65. The lowest BCUT2D eigenvalue weighted by atomic mass is 10.2. The molecule has 144 valence electrons. The Morgan fingerprint density at radius 1 is 1.04 bits per heavy atom. The molecule has 0 spiro atoms. The highest BCUT2D eigenvalue weighted by molar-refractivity contribution is 6.44. The number of hydrogen-bond donors (Lipinski definition) is 1. The van der Waals surface area contributed by atoms with Crippen molar-refractivity contribution in [1.82, 2.24) is 4.73 Å². The molecule has 5 nitrogen and oxygen atoms in total. The van der Waals surface area contributed by atoms with E-state index in [9.17, 15) is 14.0 Å². The van der Waals surface area contributed by atoms with Crippen molar-refractivity contribution in [1.29, 1.82) is 0 Å². The molecule has 0 aliphatic heterocycles. The number of benzene rings is 2. The summed E-state index contributed by atoms with van der Waals surface area (Å²) in [4.78, 5) is 30.4. The fraction of sp³-hybridized carbons (Fsp3) is 0.0526. The number of rotatable bonds is 5. The lowest BCUT2D eigenvalue weighted by molar-refractivity contribution is 0.0863. The largest absolute Gasteiger partial charge is 0.406 e. The molecule has 1 amide bonds. The Bertz CT molecular complexity index is 1080. The number of nitrogens with zero attached hydrogens (tertiary/aromatic N) is 1. The van der Waals surface area contributed by atoms with E-state index in [-0.39, 0.29) is 38.7 Å². The Hall–Kier alpha value is -2.54. The lowest BCUT2D eigenvalue weighted by Gasteiger charge is -2.11. The Balaban J connectivity index is 1.78. The Morgan fingerprint density at radius 2 is 1.71 bits per heavy atom. The summed E-state index contributed by atoms with van der Waals surface area (Å²) in [5.74, 6) is -1.06. The van der Waals surface area contributed by atoms with Gasteiger partial charge in [0.15, 0.2) is 0 Å². The van der Waals surface area contributed by atoms with Crippen molar-refractivity contribution < 1.29 is 14.0 Å². The molecular formula is C19H12Cl3FN2O3. The van der Waals surface area contributed by atoms with E-state index in [0.29, 0.717) is 5.56 Å². The molecule has 0 unspecified atom stereocenters. The summed E-state index contributed by atoms with van der Waals surface area (Å²) in [5.41, 5.74) is 0.0379. The van der Waals surface area contributed by atoms with Crippen LogP contribution in [0.1, 0.15) is 15.9 Å². The normalized spacial score (nSPS) is 10.6. The van der Waals surface area contributed by atoms with Crippen molar-refractivity contribution in [2.24, 2.45) is 0 Å². The smallest absolute Gasteiger partial charge is 0.295 e. The molecule has 1 aromatic heterocycles. The molecule has 3 aromatic rings. The molecule has 28 heavy (non-hydrogen) atoms. The summed E-state index contributed by atoms with van der Waals surface area (Å²) in [6.45, 7) is 0.0177. The third-order valence-corrected chi connectivity index (χ3v) is 4.74. The number of aromatic nitrogens is 1. The van der Waals surface area contributed by atoms with Gasteiger partial charge in [-0.15, -0.1) is 0 Å². The highest BCUT2D eigenvalue weighted by Crippen LogP contribution is 2.32. The minimum absolute atomic E-state index is 0.0177. The van der Waals surface area contributed by atoms with Crippen molar-refractivity contribution in [3.63, 3.8) is 0 Å². The van der Waals surface area contributed by atoms with E-state index in [1.165, 1.54) is 54.7 Å². The van der Waals surface area contributed by atoms with E-state index in [4.69, 9.17) is 39.6 Å². The van der Waals surface area contributed by atoms with Crippen LogP contribution in [0.15, 0.2) is 59.5 Å². The van der Waals surface area contributed by atoms with Gasteiger partial charge in [0.1, 0.15) is 18.0 Å². The molecule has 1 heterocycles. The number of halogens is 4. The molecule has 0 aliphatic carbocycles. The molecule has 3 rings (SSSR count). The van der Waals surface area contributed by atoms with Gasteiger partial charge in [0.25, 0.3) is 11.5 Å². The van der Waals surface area contributed by atoms with Crippen LogP contribution in [-0.4, -0.2) is 10.6 Å². The summed E-state index contributed by atoms with van der Waals surface area (Å²) in [7, 11) is 0. The first-order chi connectivity index (χ1) is 13.3. The summed E-state index contributed by atoms with van der Waals surface area (Å²) >= 11 is 17.8. The standard InChI is InChI=1S/C19H12Cl3FN2O3/c20-14-8-16(22)17(9-15(14)21)24-18(26)13-2-1-7-25(19(13)27)28-10-11-3-5-12(23)6-4-11/h1-9H,10H2,(H,24,26).